The highest BCUT2D eigenvalue weighted by Crippen LogP contribution is 2.34. The van der Waals surface area contributed by atoms with E-state index in [9.17, 15) is 14.7 Å². The van der Waals surface area contributed by atoms with Crippen molar-refractivity contribution in [1.82, 2.24) is 23.9 Å². The number of rotatable bonds is 3. The van der Waals surface area contributed by atoms with Crippen LogP contribution in [0.15, 0.2) is 50.1 Å². The van der Waals surface area contributed by atoms with Crippen LogP contribution in [0.4, 0.5) is 5.95 Å². The third-order valence-corrected chi connectivity index (χ3v) is 5.34. The highest BCUT2D eigenvalue weighted by atomic mass is 32.2. The van der Waals surface area contributed by atoms with Crippen LogP contribution >= 0.6 is 11.8 Å². The molecule has 1 aromatic carbocycles. The van der Waals surface area contributed by atoms with Gasteiger partial charge in [0.15, 0.2) is 0 Å². The largest absolute Gasteiger partial charge is 0.494 e. The molecule has 144 valence electrons. The third kappa shape index (κ3) is 2.76. The summed E-state index contributed by atoms with van der Waals surface area (Å²) in [5, 5.41) is 15.6. The Morgan fingerprint density at radius 2 is 1.86 bits per heavy atom. The molecule has 28 heavy (non-hydrogen) atoms. The maximum absolute atomic E-state index is 12.7. The molecule has 9 nitrogen and oxygen atoms in total. The van der Waals surface area contributed by atoms with Crippen LogP contribution in [0.25, 0.3) is 0 Å². The van der Waals surface area contributed by atoms with Crippen LogP contribution in [0.2, 0.25) is 0 Å². The monoisotopic (exact) mass is 398 g/mol. The van der Waals surface area contributed by atoms with Crippen molar-refractivity contribution in [1.29, 1.82) is 0 Å². The molecule has 0 spiro atoms. The highest BCUT2D eigenvalue weighted by molar-refractivity contribution is 7.98. The van der Waals surface area contributed by atoms with E-state index in [0.717, 1.165) is 14.7 Å². The first-order valence-electron chi connectivity index (χ1n) is 8.54. The Bertz CT molecular complexity index is 1210. The summed E-state index contributed by atoms with van der Waals surface area (Å²) in [6, 6.07) is 9.47. The number of aromatic hydroxyl groups is 1. The van der Waals surface area contributed by atoms with Gasteiger partial charge >= 0.3 is 5.69 Å². The van der Waals surface area contributed by atoms with Gasteiger partial charge in [0.25, 0.3) is 5.56 Å². The van der Waals surface area contributed by atoms with Gasteiger partial charge in [-0.15, -0.1) is 5.10 Å². The maximum Gasteiger partial charge on any atom is 0.333 e. The summed E-state index contributed by atoms with van der Waals surface area (Å²) in [4.78, 5) is 33.7. The Morgan fingerprint density at radius 1 is 1.14 bits per heavy atom. The third-order valence-electron chi connectivity index (χ3n) is 4.80. The number of hydrogen-bond donors (Lipinski definition) is 1. The molecule has 1 aliphatic rings. The summed E-state index contributed by atoms with van der Waals surface area (Å²) < 4.78 is 3.72. The molecule has 0 amide bonds. The quantitative estimate of drug-likeness (QED) is 0.665. The predicted octanol–water partition coefficient (Wildman–Crippen LogP) is 1.22. The van der Waals surface area contributed by atoms with E-state index in [1.807, 2.05) is 36.6 Å². The lowest BCUT2D eigenvalue weighted by atomic mass is 9.97. The Kier molecular flexibility index (Phi) is 4.42. The Hall–Kier alpha value is -3.14. The average molecular weight is 398 g/mol. The summed E-state index contributed by atoms with van der Waals surface area (Å²) in [5.41, 5.74) is 0.162. The Morgan fingerprint density at radius 3 is 2.54 bits per heavy atom. The molecule has 2 aromatic heterocycles. The summed E-state index contributed by atoms with van der Waals surface area (Å²) in [6.07, 6.45) is 2.20. The fourth-order valence-corrected chi connectivity index (χ4v) is 3.62. The van der Waals surface area contributed by atoms with Gasteiger partial charge in [-0.25, -0.2) is 14.5 Å². The number of aromatic nitrogens is 5. The summed E-state index contributed by atoms with van der Waals surface area (Å²) in [6.45, 7) is 0. The van der Waals surface area contributed by atoms with Gasteiger partial charge in [0.1, 0.15) is 5.56 Å². The fraction of sp³-hybridized carbons (Fsp3) is 0.278. The Labute approximate surface area is 164 Å². The van der Waals surface area contributed by atoms with E-state index in [2.05, 4.69) is 15.1 Å². The minimum atomic E-state index is -0.602. The van der Waals surface area contributed by atoms with Crippen LogP contribution < -0.4 is 11.2 Å². The molecule has 1 atom stereocenters. The van der Waals surface area contributed by atoms with Crippen molar-refractivity contribution < 1.29 is 5.11 Å². The van der Waals surface area contributed by atoms with Crippen LogP contribution in [0.5, 0.6) is 5.88 Å². The van der Waals surface area contributed by atoms with Crippen LogP contribution in [0.1, 0.15) is 23.6 Å². The highest BCUT2D eigenvalue weighted by Gasteiger charge is 2.31. The van der Waals surface area contributed by atoms with E-state index < -0.39 is 17.1 Å². The van der Waals surface area contributed by atoms with Gasteiger partial charge in [0.05, 0.1) is 11.8 Å². The lowest BCUT2D eigenvalue weighted by Gasteiger charge is -2.24. The molecule has 0 bridgehead atoms. The van der Waals surface area contributed by atoms with Gasteiger partial charge in [-0.2, -0.15) is 4.98 Å². The molecule has 3 aromatic rings. The van der Waals surface area contributed by atoms with Crippen molar-refractivity contribution in [3.05, 3.63) is 62.3 Å². The molecular weight excluding hydrogens is 380 g/mol. The first-order chi connectivity index (χ1) is 13.4. The van der Waals surface area contributed by atoms with E-state index in [4.69, 9.17) is 0 Å². The molecule has 0 saturated carbocycles. The van der Waals surface area contributed by atoms with E-state index in [-0.39, 0.29) is 11.6 Å². The SMILES string of the molecule is CSc1nc2n(n1)[C@H](c1ccccc1)CC(c1c(O)n(C)c(=O)n(C)c1=O)=N2. The van der Waals surface area contributed by atoms with Crippen molar-refractivity contribution in [3.63, 3.8) is 0 Å². The molecule has 0 saturated heterocycles. The van der Waals surface area contributed by atoms with Crippen molar-refractivity contribution >= 4 is 23.4 Å². The van der Waals surface area contributed by atoms with Gasteiger partial charge in [0, 0.05) is 20.5 Å². The second-order valence-electron chi connectivity index (χ2n) is 6.44. The lowest BCUT2D eigenvalue weighted by Crippen LogP contribution is -2.40. The first-order valence-corrected chi connectivity index (χ1v) is 9.77. The van der Waals surface area contributed by atoms with Crippen LogP contribution in [0, 0.1) is 0 Å². The predicted molar refractivity (Wildman–Crippen MR) is 106 cm³/mol. The second-order valence-corrected chi connectivity index (χ2v) is 7.21. The van der Waals surface area contributed by atoms with Gasteiger partial charge < -0.3 is 5.11 Å². The molecule has 0 aliphatic carbocycles. The minimum absolute atomic E-state index is 0.00508. The molecule has 1 aliphatic heterocycles. The van der Waals surface area contributed by atoms with Crippen LogP contribution in [0.3, 0.4) is 0 Å². The molecule has 0 fully saturated rings. The van der Waals surface area contributed by atoms with Crippen LogP contribution in [-0.2, 0) is 14.1 Å². The zero-order valence-electron chi connectivity index (χ0n) is 15.5. The summed E-state index contributed by atoms with van der Waals surface area (Å²) >= 11 is 1.40. The average Bonchev–Trinajstić information content (AvgIpc) is 3.14. The number of aliphatic imine (C=N–C) groups is 1. The van der Waals surface area contributed by atoms with Crippen molar-refractivity contribution in [2.45, 2.75) is 17.6 Å². The molecule has 0 radical (unpaired) electrons. The smallest absolute Gasteiger partial charge is 0.333 e. The summed E-state index contributed by atoms with van der Waals surface area (Å²) in [5.74, 6) is -0.0496. The van der Waals surface area contributed by atoms with E-state index >= 15 is 0 Å². The molecule has 10 heteroatoms. The first kappa shape index (κ1) is 18.2. The second kappa shape index (κ2) is 6.79. The summed E-state index contributed by atoms with van der Waals surface area (Å²) in [7, 11) is 2.78. The number of fused-ring (bicyclic) bond motifs is 1. The topological polar surface area (TPSA) is 107 Å². The van der Waals surface area contributed by atoms with Gasteiger partial charge in [-0.1, -0.05) is 42.1 Å². The van der Waals surface area contributed by atoms with Gasteiger partial charge in [0.2, 0.25) is 17.0 Å². The lowest BCUT2D eigenvalue weighted by molar-refractivity contribution is 0.409. The molecule has 1 N–H and O–H groups in total. The number of benzene rings is 1. The van der Waals surface area contributed by atoms with Crippen LogP contribution in [-0.4, -0.2) is 41.0 Å². The zero-order chi connectivity index (χ0) is 20.0. The Balaban J connectivity index is 1.95. The van der Waals surface area contributed by atoms with Gasteiger partial charge in [-0.05, 0) is 11.8 Å². The molecule has 4 rings (SSSR count). The van der Waals surface area contributed by atoms with E-state index in [1.165, 1.54) is 25.9 Å². The number of nitrogens with zero attached hydrogens (tertiary/aromatic N) is 6. The van der Waals surface area contributed by atoms with Crippen molar-refractivity contribution in [3.8, 4) is 5.88 Å². The molecule has 0 unspecified atom stereocenters. The van der Waals surface area contributed by atoms with Gasteiger partial charge in [-0.3, -0.25) is 13.9 Å². The number of hydrogen-bond acceptors (Lipinski definition) is 7. The van der Waals surface area contributed by atoms with Crippen molar-refractivity contribution in [2.24, 2.45) is 19.1 Å². The number of thioether (sulfide) groups is 1. The van der Waals surface area contributed by atoms with E-state index in [0.29, 0.717) is 23.2 Å². The standard InChI is InChI=1S/C18H18N6O3S/c1-22-14(25)13(15(26)23(2)18(22)27)11-9-12(10-7-5-4-6-8-10)24-16(19-11)20-17(21-24)28-3/h4-8,12,25H,9H2,1-3H3/t12-/m0/s1. The molecular formula is C18H18N6O3S. The molecule has 3 heterocycles. The zero-order valence-corrected chi connectivity index (χ0v) is 16.3. The minimum Gasteiger partial charge on any atom is -0.494 e. The van der Waals surface area contributed by atoms with E-state index in [1.54, 1.807) is 4.68 Å². The fourth-order valence-electron chi connectivity index (χ4n) is 3.28. The normalized spacial score (nSPS) is 16.0. The maximum atomic E-state index is 12.7. The van der Waals surface area contributed by atoms with Crippen molar-refractivity contribution in [2.75, 3.05) is 6.26 Å².